The van der Waals surface area contributed by atoms with Crippen LogP contribution in [0.5, 0.6) is 0 Å². The third-order valence-electron chi connectivity index (χ3n) is 3.65. The summed E-state index contributed by atoms with van der Waals surface area (Å²) in [4.78, 5) is 19.0. The first-order valence-electron chi connectivity index (χ1n) is 6.64. The summed E-state index contributed by atoms with van der Waals surface area (Å²) in [5.41, 5.74) is 7.58. The van der Waals surface area contributed by atoms with E-state index in [9.17, 15) is 9.18 Å². The standard InChI is InChI=1S/C15H9ClFN5O/c16-6-1-11-14(19-4-6)12(13(18)15(23)21-11)8-2-7(17)3-10-9(8)5-20-22-10/h1-5H,18H2,(H,20,22)(H,21,23). The summed E-state index contributed by atoms with van der Waals surface area (Å²) < 4.78 is 13.9. The third-order valence-corrected chi connectivity index (χ3v) is 3.85. The quantitative estimate of drug-likeness (QED) is 0.500. The van der Waals surface area contributed by atoms with Gasteiger partial charge in [-0.2, -0.15) is 5.10 Å². The van der Waals surface area contributed by atoms with Gasteiger partial charge in [-0.05, 0) is 18.2 Å². The maximum Gasteiger partial charge on any atom is 0.272 e. The molecule has 6 nitrogen and oxygen atoms in total. The van der Waals surface area contributed by atoms with E-state index in [1.807, 2.05) is 0 Å². The van der Waals surface area contributed by atoms with Crippen molar-refractivity contribution in [2.45, 2.75) is 0 Å². The van der Waals surface area contributed by atoms with Crippen LogP contribution in [-0.2, 0) is 0 Å². The van der Waals surface area contributed by atoms with Crippen molar-refractivity contribution in [3.8, 4) is 11.1 Å². The first-order chi connectivity index (χ1) is 11.0. The molecule has 0 bridgehead atoms. The molecule has 0 amide bonds. The molecule has 0 unspecified atom stereocenters. The SMILES string of the molecule is Nc1c(-c2cc(F)cc3[nH]ncc23)c2ncc(Cl)cc2[nH]c1=O. The normalized spacial score (nSPS) is 11.4. The summed E-state index contributed by atoms with van der Waals surface area (Å²) in [6, 6.07) is 4.19. The second-order valence-corrected chi connectivity index (χ2v) is 5.51. The zero-order valence-electron chi connectivity index (χ0n) is 11.5. The van der Waals surface area contributed by atoms with Crippen LogP contribution < -0.4 is 11.3 Å². The number of anilines is 1. The van der Waals surface area contributed by atoms with Crippen LogP contribution >= 0.6 is 11.6 Å². The van der Waals surface area contributed by atoms with Gasteiger partial charge >= 0.3 is 0 Å². The number of aromatic nitrogens is 4. The molecule has 0 aliphatic heterocycles. The van der Waals surface area contributed by atoms with Gasteiger partial charge in [0.15, 0.2) is 0 Å². The van der Waals surface area contributed by atoms with E-state index in [0.717, 1.165) is 0 Å². The second kappa shape index (κ2) is 4.79. The Hall–Kier alpha value is -2.93. The number of nitrogens with zero attached hydrogens (tertiary/aromatic N) is 2. The molecule has 3 heterocycles. The van der Waals surface area contributed by atoms with Crippen molar-refractivity contribution in [1.29, 1.82) is 0 Å². The van der Waals surface area contributed by atoms with Crippen LogP contribution in [0.25, 0.3) is 33.1 Å². The Kier molecular flexibility index (Phi) is 2.85. The fourth-order valence-electron chi connectivity index (χ4n) is 2.66. The molecule has 114 valence electrons. The molecule has 0 fully saturated rings. The molecule has 0 saturated carbocycles. The molecule has 0 saturated heterocycles. The van der Waals surface area contributed by atoms with Gasteiger partial charge < -0.3 is 10.7 Å². The fraction of sp³-hybridized carbons (Fsp3) is 0. The number of aromatic amines is 2. The van der Waals surface area contributed by atoms with E-state index in [1.165, 1.54) is 18.3 Å². The molecule has 23 heavy (non-hydrogen) atoms. The molecular formula is C15H9ClFN5O. The molecule has 1 aromatic carbocycles. The number of fused-ring (bicyclic) bond motifs is 2. The van der Waals surface area contributed by atoms with Crippen LogP contribution in [0.4, 0.5) is 10.1 Å². The molecule has 8 heteroatoms. The molecule has 4 N–H and O–H groups in total. The molecule has 0 aliphatic rings. The molecule has 0 aliphatic carbocycles. The first-order valence-corrected chi connectivity index (χ1v) is 7.02. The highest BCUT2D eigenvalue weighted by atomic mass is 35.5. The van der Waals surface area contributed by atoms with Crippen LogP contribution in [0, 0.1) is 5.82 Å². The molecule has 4 aromatic rings. The Morgan fingerprint density at radius 2 is 2.00 bits per heavy atom. The van der Waals surface area contributed by atoms with Gasteiger partial charge in [0.1, 0.15) is 11.5 Å². The number of nitrogens with two attached hydrogens (primary N) is 1. The molecule has 0 atom stereocenters. The summed E-state index contributed by atoms with van der Waals surface area (Å²) in [5.74, 6) is -0.474. The van der Waals surface area contributed by atoms with Gasteiger partial charge in [0, 0.05) is 22.7 Å². The van der Waals surface area contributed by atoms with Gasteiger partial charge in [-0.3, -0.25) is 14.9 Å². The van der Waals surface area contributed by atoms with Crippen LogP contribution in [0.2, 0.25) is 5.02 Å². The van der Waals surface area contributed by atoms with Crippen LogP contribution in [0.3, 0.4) is 0 Å². The number of hydrogen-bond donors (Lipinski definition) is 3. The summed E-state index contributed by atoms with van der Waals surface area (Å²) in [6.45, 7) is 0. The van der Waals surface area contributed by atoms with Crippen molar-refractivity contribution in [3.05, 3.63) is 51.8 Å². The van der Waals surface area contributed by atoms with Crippen molar-refractivity contribution >= 4 is 39.2 Å². The Labute approximate surface area is 133 Å². The van der Waals surface area contributed by atoms with Crippen molar-refractivity contribution in [2.75, 3.05) is 5.73 Å². The smallest absolute Gasteiger partial charge is 0.272 e. The summed E-state index contributed by atoms with van der Waals surface area (Å²) >= 11 is 5.92. The van der Waals surface area contributed by atoms with E-state index in [0.29, 0.717) is 38.1 Å². The van der Waals surface area contributed by atoms with E-state index in [-0.39, 0.29) is 5.69 Å². The first kappa shape index (κ1) is 13.7. The zero-order valence-corrected chi connectivity index (χ0v) is 12.3. The topological polar surface area (TPSA) is 100 Å². The van der Waals surface area contributed by atoms with Crippen LogP contribution in [-0.4, -0.2) is 20.2 Å². The highest BCUT2D eigenvalue weighted by Crippen LogP contribution is 2.35. The largest absolute Gasteiger partial charge is 0.394 e. The molecule has 4 rings (SSSR count). The number of benzene rings is 1. The van der Waals surface area contributed by atoms with Crippen LogP contribution in [0.1, 0.15) is 0 Å². The van der Waals surface area contributed by atoms with Gasteiger partial charge in [-0.25, -0.2) is 4.39 Å². The van der Waals surface area contributed by atoms with Crippen LogP contribution in [0.15, 0.2) is 35.4 Å². The number of rotatable bonds is 1. The van der Waals surface area contributed by atoms with Gasteiger partial charge in [0.25, 0.3) is 5.56 Å². The lowest BCUT2D eigenvalue weighted by Gasteiger charge is -2.10. The van der Waals surface area contributed by atoms with E-state index in [1.54, 1.807) is 12.3 Å². The Morgan fingerprint density at radius 1 is 1.17 bits per heavy atom. The van der Waals surface area contributed by atoms with Crippen molar-refractivity contribution in [3.63, 3.8) is 0 Å². The third kappa shape index (κ3) is 2.05. The number of nitrogen functional groups attached to an aromatic ring is 1. The van der Waals surface area contributed by atoms with E-state index < -0.39 is 11.4 Å². The average Bonchev–Trinajstić information content (AvgIpc) is 2.96. The number of H-pyrrole nitrogens is 2. The van der Waals surface area contributed by atoms with Gasteiger partial charge in [-0.15, -0.1) is 0 Å². The van der Waals surface area contributed by atoms with Crippen molar-refractivity contribution in [1.82, 2.24) is 20.2 Å². The van der Waals surface area contributed by atoms with Gasteiger partial charge in [0.05, 0.1) is 27.8 Å². The monoisotopic (exact) mass is 329 g/mol. The summed E-state index contributed by atoms with van der Waals surface area (Å²) in [5, 5.41) is 7.63. The van der Waals surface area contributed by atoms with Crippen molar-refractivity contribution in [2.24, 2.45) is 0 Å². The highest BCUT2D eigenvalue weighted by Gasteiger charge is 2.17. The predicted molar refractivity (Wildman–Crippen MR) is 86.8 cm³/mol. The molecule has 3 aromatic heterocycles. The van der Waals surface area contributed by atoms with Gasteiger partial charge in [0.2, 0.25) is 0 Å². The van der Waals surface area contributed by atoms with E-state index in [2.05, 4.69) is 20.2 Å². The second-order valence-electron chi connectivity index (χ2n) is 5.08. The van der Waals surface area contributed by atoms with Crippen molar-refractivity contribution < 1.29 is 4.39 Å². The number of pyridine rings is 2. The van der Waals surface area contributed by atoms with E-state index in [4.69, 9.17) is 17.3 Å². The molecule has 0 spiro atoms. The Morgan fingerprint density at radius 3 is 2.83 bits per heavy atom. The highest BCUT2D eigenvalue weighted by molar-refractivity contribution is 6.31. The lowest BCUT2D eigenvalue weighted by atomic mass is 9.99. The lowest BCUT2D eigenvalue weighted by Crippen LogP contribution is -2.14. The molecule has 0 radical (unpaired) electrons. The minimum atomic E-state index is -0.488. The average molecular weight is 330 g/mol. The summed E-state index contributed by atoms with van der Waals surface area (Å²) in [6.07, 6.45) is 2.99. The van der Waals surface area contributed by atoms with E-state index >= 15 is 0 Å². The lowest BCUT2D eigenvalue weighted by molar-refractivity contribution is 0.630. The Bertz CT molecular complexity index is 1130. The maximum atomic E-state index is 13.9. The number of hydrogen-bond acceptors (Lipinski definition) is 4. The summed E-state index contributed by atoms with van der Waals surface area (Å²) in [7, 11) is 0. The maximum absolute atomic E-state index is 13.9. The Balaban J connectivity index is 2.22. The molecular weight excluding hydrogens is 321 g/mol. The number of halogens is 2. The number of nitrogens with one attached hydrogen (secondary N) is 2. The minimum absolute atomic E-state index is 0.0413. The van der Waals surface area contributed by atoms with Gasteiger partial charge in [-0.1, -0.05) is 11.6 Å². The minimum Gasteiger partial charge on any atom is -0.394 e. The predicted octanol–water partition coefficient (Wildman–Crippen LogP) is 2.84. The fourth-order valence-corrected chi connectivity index (χ4v) is 2.82. The zero-order chi connectivity index (χ0) is 16.1.